The van der Waals surface area contributed by atoms with Crippen LogP contribution in [0.4, 0.5) is 0 Å². The van der Waals surface area contributed by atoms with Crippen LogP contribution in [0.25, 0.3) is 6.08 Å². The van der Waals surface area contributed by atoms with E-state index >= 15 is 0 Å². The van der Waals surface area contributed by atoms with Crippen molar-refractivity contribution in [1.82, 2.24) is 5.32 Å². The Morgan fingerprint density at radius 1 is 1.53 bits per heavy atom. The van der Waals surface area contributed by atoms with Crippen molar-refractivity contribution < 1.29 is 9.90 Å². The fourth-order valence-corrected chi connectivity index (χ4v) is 1.79. The van der Waals surface area contributed by atoms with Gasteiger partial charge in [-0.15, -0.1) is 0 Å². The van der Waals surface area contributed by atoms with E-state index in [4.69, 9.17) is 16.7 Å². The van der Waals surface area contributed by atoms with Gasteiger partial charge in [0.25, 0.3) is 0 Å². The number of carbonyl (C=O) groups excluding carboxylic acids is 1. The van der Waals surface area contributed by atoms with E-state index in [1.54, 1.807) is 18.2 Å². The van der Waals surface area contributed by atoms with Gasteiger partial charge in [-0.3, -0.25) is 4.79 Å². The highest BCUT2D eigenvalue weighted by atomic mass is 35.5. The standard InChI is InChI=1S/C15H20ClNO2/c1-12(11-18)4-3-9-17-15(19)8-7-13-5-2-6-14(16)10-13/h2,5-8,10,12,18H,3-4,9,11H2,1H3,(H,17,19)/b8-7+. The van der Waals surface area contributed by atoms with Crippen LogP contribution in [0, 0.1) is 5.92 Å². The van der Waals surface area contributed by atoms with E-state index in [2.05, 4.69) is 5.32 Å². The Bertz CT molecular complexity index is 432. The zero-order valence-corrected chi connectivity index (χ0v) is 11.9. The van der Waals surface area contributed by atoms with Gasteiger partial charge in [0.15, 0.2) is 0 Å². The Balaban J connectivity index is 2.27. The number of nitrogens with one attached hydrogen (secondary N) is 1. The topological polar surface area (TPSA) is 49.3 Å². The predicted molar refractivity (Wildman–Crippen MR) is 79.0 cm³/mol. The van der Waals surface area contributed by atoms with E-state index in [0.717, 1.165) is 18.4 Å². The van der Waals surface area contributed by atoms with E-state index in [0.29, 0.717) is 17.5 Å². The molecule has 0 radical (unpaired) electrons. The molecule has 2 N–H and O–H groups in total. The third-order valence-electron chi connectivity index (χ3n) is 2.76. The number of halogens is 1. The van der Waals surface area contributed by atoms with Crippen LogP contribution in [-0.2, 0) is 4.79 Å². The summed E-state index contributed by atoms with van der Waals surface area (Å²) in [6.45, 7) is 2.81. The van der Waals surface area contributed by atoms with Gasteiger partial charge in [0.05, 0.1) is 0 Å². The SMILES string of the molecule is CC(CO)CCCNC(=O)/C=C/c1cccc(Cl)c1. The lowest BCUT2D eigenvalue weighted by Crippen LogP contribution is -2.22. The predicted octanol–water partition coefficient (Wildman–Crippen LogP) is 2.88. The Hall–Kier alpha value is -1.32. The first-order valence-corrected chi connectivity index (χ1v) is 6.82. The molecule has 0 saturated carbocycles. The molecule has 0 spiro atoms. The Labute approximate surface area is 119 Å². The summed E-state index contributed by atoms with van der Waals surface area (Å²) in [5.41, 5.74) is 0.900. The molecule has 1 aromatic carbocycles. The van der Waals surface area contributed by atoms with Crippen LogP contribution in [0.3, 0.4) is 0 Å². The van der Waals surface area contributed by atoms with Crippen molar-refractivity contribution in [3.8, 4) is 0 Å². The van der Waals surface area contributed by atoms with Crippen LogP contribution in [0.2, 0.25) is 5.02 Å². The highest BCUT2D eigenvalue weighted by molar-refractivity contribution is 6.30. The molecule has 0 saturated heterocycles. The van der Waals surface area contributed by atoms with Crippen LogP contribution in [0.1, 0.15) is 25.3 Å². The second kappa shape index (κ2) is 8.73. The molecule has 4 heteroatoms. The molecule has 0 heterocycles. The summed E-state index contributed by atoms with van der Waals surface area (Å²) in [6.07, 6.45) is 5.02. The van der Waals surface area contributed by atoms with Crippen LogP contribution in [0.15, 0.2) is 30.3 Å². The van der Waals surface area contributed by atoms with Gasteiger partial charge in [-0.25, -0.2) is 0 Å². The number of aliphatic hydroxyl groups excluding tert-OH is 1. The van der Waals surface area contributed by atoms with Crippen LogP contribution < -0.4 is 5.32 Å². The maximum absolute atomic E-state index is 11.5. The fourth-order valence-electron chi connectivity index (χ4n) is 1.59. The molecule has 0 aliphatic carbocycles. The van der Waals surface area contributed by atoms with Gasteiger partial charge in [-0.1, -0.05) is 30.7 Å². The van der Waals surface area contributed by atoms with Gasteiger partial charge < -0.3 is 10.4 Å². The van der Waals surface area contributed by atoms with Crippen LogP contribution in [0.5, 0.6) is 0 Å². The summed E-state index contributed by atoms with van der Waals surface area (Å²) < 4.78 is 0. The van der Waals surface area contributed by atoms with Crippen molar-refractivity contribution in [2.75, 3.05) is 13.2 Å². The first kappa shape index (κ1) is 15.7. The highest BCUT2D eigenvalue weighted by Gasteiger charge is 2.00. The molecule has 1 atom stereocenters. The normalized spacial score (nSPS) is 12.6. The van der Waals surface area contributed by atoms with Gasteiger partial charge in [0.2, 0.25) is 5.91 Å². The lowest BCUT2D eigenvalue weighted by molar-refractivity contribution is -0.116. The van der Waals surface area contributed by atoms with Gasteiger partial charge >= 0.3 is 0 Å². The van der Waals surface area contributed by atoms with Crippen molar-refractivity contribution in [3.63, 3.8) is 0 Å². The van der Waals surface area contributed by atoms with E-state index in [-0.39, 0.29) is 12.5 Å². The van der Waals surface area contributed by atoms with E-state index in [1.807, 2.05) is 19.1 Å². The van der Waals surface area contributed by atoms with Crippen molar-refractivity contribution in [2.24, 2.45) is 5.92 Å². The molecule has 0 aliphatic heterocycles. The van der Waals surface area contributed by atoms with E-state index in [1.165, 1.54) is 6.08 Å². The van der Waals surface area contributed by atoms with Crippen molar-refractivity contribution in [2.45, 2.75) is 19.8 Å². The molecule has 0 fully saturated rings. The zero-order chi connectivity index (χ0) is 14.1. The molecular formula is C15H20ClNO2. The van der Waals surface area contributed by atoms with Gasteiger partial charge in [-0.05, 0) is 42.5 Å². The molecule has 0 aromatic heterocycles. The monoisotopic (exact) mass is 281 g/mol. The fraction of sp³-hybridized carbons (Fsp3) is 0.400. The van der Waals surface area contributed by atoms with Gasteiger partial charge in [0.1, 0.15) is 0 Å². The minimum atomic E-state index is -0.114. The number of rotatable bonds is 7. The first-order chi connectivity index (χ1) is 9.11. The molecule has 1 amide bonds. The van der Waals surface area contributed by atoms with Crippen molar-refractivity contribution in [3.05, 3.63) is 40.9 Å². The number of aliphatic hydroxyl groups is 1. The molecule has 0 aliphatic rings. The average Bonchev–Trinajstić information content (AvgIpc) is 2.41. The molecule has 1 aromatic rings. The van der Waals surface area contributed by atoms with E-state index < -0.39 is 0 Å². The maximum Gasteiger partial charge on any atom is 0.243 e. The van der Waals surface area contributed by atoms with Gasteiger partial charge in [-0.2, -0.15) is 0 Å². The Kier molecular flexibility index (Phi) is 7.23. The molecule has 0 bridgehead atoms. The van der Waals surface area contributed by atoms with Crippen LogP contribution in [-0.4, -0.2) is 24.2 Å². The minimum absolute atomic E-state index is 0.114. The number of benzene rings is 1. The summed E-state index contributed by atoms with van der Waals surface area (Å²) in [4.78, 5) is 11.5. The molecule has 1 unspecified atom stereocenters. The lowest BCUT2D eigenvalue weighted by Gasteiger charge is -2.07. The third-order valence-corrected chi connectivity index (χ3v) is 3.00. The quantitative estimate of drug-likeness (QED) is 0.596. The smallest absolute Gasteiger partial charge is 0.243 e. The molecule has 104 valence electrons. The second-order valence-electron chi connectivity index (χ2n) is 4.61. The molecule has 1 rings (SSSR count). The third kappa shape index (κ3) is 6.99. The second-order valence-corrected chi connectivity index (χ2v) is 5.05. The largest absolute Gasteiger partial charge is 0.396 e. The van der Waals surface area contributed by atoms with Crippen LogP contribution >= 0.6 is 11.6 Å². The van der Waals surface area contributed by atoms with Crippen molar-refractivity contribution in [1.29, 1.82) is 0 Å². The lowest BCUT2D eigenvalue weighted by atomic mass is 10.1. The number of hydrogen-bond acceptors (Lipinski definition) is 2. The molecule has 19 heavy (non-hydrogen) atoms. The average molecular weight is 282 g/mol. The number of amides is 1. The summed E-state index contributed by atoms with van der Waals surface area (Å²) in [5.74, 6) is 0.176. The summed E-state index contributed by atoms with van der Waals surface area (Å²) in [6, 6.07) is 7.32. The number of hydrogen-bond donors (Lipinski definition) is 2. The summed E-state index contributed by atoms with van der Waals surface area (Å²) in [7, 11) is 0. The zero-order valence-electron chi connectivity index (χ0n) is 11.1. The Morgan fingerprint density at radius 2 is 2.32 bits per heavy atom. The molecular weight excluding hydrogens is 262 g/mol. The summed E-state index contributed by atoms with van der Waals surface area (Å²) in [5, 5.41) is 12.3. The van der Waals surface area contributed by atoms with Gasteiger partial charge in [0, 0.05) is 24.3 Å². The maximum atomic E-state index is 11.5. The summed E-state index contributed by atoms with van der Waals surface area (Å²) >= 11 is 5.85. The highest BCUT2D eigenvalue weighted by Crippen LogP contribution is 2.11. The van der Waals surface area contributed by atoms with Crippen molar-refractivity contribution >= 4 is 23.6 Å². The number of carbonyl (C=O) groups is 1. The Morgan fingerprint density at radius 3 is 3.00 bits per heavy atom. The minimum Gasteiger partial charge on any atom is -0.396 e. The van der Waals surface area contributed by atoms with E-state index in [9.17, 15) is 4.79 Å². The molecule has 3 nitrogen and oxygen atoms in total. The first-order valence-electron chi connectivity index (χ1n) is 6.44.